The van der Waals surface area contributed by atoms with E-state index in [2.05, 4.69) is 10.6 Å². The van der Waals surface area contributed by atoms with Crippen molar-refractivity contribution >= 4 is 23.6 Å². The first-order valence-electron chi connectivity index (χ1n) is 10.8. The zero-order valence-corrected chi connectivity index (χ0v) is 18.1. The van der Waals surface area contributed by atoms with Crippen LogP contribution in [-0.4, -0.2) is 46.3 Å². The van der Waals surface area contributed by atoms with Crippen LogP contribution in [0.4, 0.5) is 8.78 Å². The maximum atomic E-state index is 14.7. The predicted octanol–water partition coefficient (Wildman–Crippen LogP) is 1.39. The normalized spacial score (nSPS) is 18.0. The molecule has 10 heteroatoms. The van der Waals surface area contributed by atoms with Gasteiger partial charge in [-0.1, -0.05) is 30.3 Å². The summed E-state index contributed by atoms with van der Waals surface area (Å²) in [6.45, 7) is -0.219. The Balaban J connectivity index is 1.42. The van der Waals surface area contributed by atoms with Crippen LogP contribution in [-0.2, 0) is 39.8 Å². The highest BCUT2D eigenvalue weighted by atomic mass is 19.3. The molecule has 2 heterocycles. The lowest BCUT2D eigenvalue weighted by molar-refractivity contribution is -0.147. The second-order valence-corrected chi connectivity index (χ2v) is 8.32. The third kappa shape index (κ3) is 4.54. The number of piperidine rings is 1. The molecule has 0 aliphatic carbocycles. The Morgan fingerprint density at radius 1 is 1.15 bits per heavy atom. The molecule has 4 amide bonds. The van der Waals surface area contributed by atoms with E-state index in [9.17, 15) is 28.0 Å². The van der Waals surface area contributed by atoms with Gasteiger partial charge in [0.1, 0.15) is 6.04 Å². The molecule has 2 aromatic carbocycles. The Bertz CT molecular complexity index is 1170. The number of fused-ring (bicyclic) bond motifs is 1. The highest BCUT2D eigenvalue weighted by Gasteiger charge is 2.41. The van der Waals surface area contributed by atoms with Crippen LogP contribution in [0.15, 0.2) is 42.5 Å². The van der Waals surface area contributed by atoms with Crippen LogP contribution in [0.2, 0.25) is 0 Å². The van der Waals surface area contributed by atoms with Crippen molar-refractivity contribution in [3.05, 3.63) is 70.3 Å². The second-order valence-electron chi connectivity index (χ2n) is 8.32. The number of carbonyl (C=O) groups excluding carboxylic acids is 4. The van der Waals surface area contributed by atoms with Crippen LogP contribution < -0.4 is 10.6 Å². The van der Waals surface area contributed by atoms with Crippen molar-refractivity contribution in [3.8, 4) is 0 Å². The largest absolute Gasteiger partial charge is 0.396 e. The number of nitrogens with zero attached hydrogens (tertiary/aromatic N) is 1. The number of hydrogen-bond donors (Lipinski definition) is 3. The highest BCUT2D eigenvalue weighted by Crippen LogP contribution is 2.30. The van der Waals surface area contributed by atoms with Gasteiger partial charge in [-0.15, -0.1) is 0 Å². The van der Waals surface area contributed by atoms with Crippen molar-refractivity contribution in [2.45, 2.75) is 44.3 Å². The van der Waals surface area contributed by atoms with Crippen LogP contribution in [0.3, 0.4) is 0 Å². The lowest BCUT2D eigenvalue weighted by Gasteiger charge is -2.29. The molecule has 178 valence electrons. The third-order valence-corrected chi connectivity index (χ3v) is 6.02. The summed E-state index contributed by atoms with van der Waals surface area (Å²) in [5.41, 5.74) is 1.57. The first-order valence-corrected chi connectivity index (χ1v) is 10.8. The Kier molecular flexibility index (Phi) is 6.43. The Morgan fingerprint density at radius 3 is 2.68 bits per heavy atom. The van der Waals surface area contributed by atoms with Gasteiger partial charge in [-0.25, -0.2) is 0 Å². The van der Waals surface area contributed by atoms with Gasteiger partial charge in [0.15, 0.2) is 0 Å². The molecule has 0 bridgehead atoms. The van der Waals surface area contributed by atoms with Gasteiger partial charge in [0.2, 0.25) is 11.8 Å². The smallest absolute Gasteiger partial charge is 0.349 e. The van der Waals surface area contributed by atoms with E-state index in [1.165, 1.54) is 17.0 Å². The number of rotatable bonds is 7. The van der Waals surface area contributed by atoms with Gasteiger partial charge in [0.25, 0.3) is 11.8 Å². The van der Waals surface area contributed by atoms with Crippen LogP contribution in [0.5, 0.6) is 0 Å². The number of nitrogens with one attached hydrogen (secondary N) is 2. The topological polar surface area (TPSA) is 116 Å². The summed E-state index contributed by atoms with van der Waals surface area (Å²) in [5.74, 6) is -6.46. The van der Waals surface area contributed by atoms with E-state index >= 15 is 0 Å². The molecule has 2 aromatic rings. The Labute approximate surface area is 193 Å². The summed E-state index contributed by atoms with van der Waals surface area (Å²) in [6.07, 6.45) is 0.585. The molecule has 0 radical (unpaired) electrons. The number of alkyl halides is 2. The molecular formula is C24H23F2N3O5. The third-order valence-electron chi connectivity index (χ3n) is 6.02. The first-order chi connectivity index (χ1) is 16.2. The van der Waals surface area contributed by atoms with Crippen molar-refractivity contribution in [1.29, 1.82) is 0 Å². The van der Waals surface area contributed by atoms with Gasteiger partial charge in [-0.05, 0) is 41.7 Å². The average molecular weight is 471 g/mol. The zero-order chi connectivity index (χ0) is 24.5. The SMILES string of the molecule is O=C1CCC(N2Cc3cc(CNC(=O)C(F)(F)c4cccc(CCO)c4)ccc3C2=O)C(=O)N1. The van der Waals surface area contributed by atoms with Crippen LogP contribution >= 0.6 is 0 Å². The van der Waals surface area contributed by atoms with E-state index in [1.807, 2.05) is 0 Å². The molecule has 0 spiro atoms. The van der Waals surface area contributed by atoms with Gasteiger partial charge in [-0.2, -0.15) is 8.78 Å². The van der Waals surface area contributed by atoms with Crippen molar-refractivity contribution in [3.63, 3.8) is 0 Å². The first kappa shape index (κ1) is 23.5. The van der Waals surface area contributed by atoms with E-state index in [1.54, 1.807) is 24.3 Å². The van der Waals surface area contributed by atoms with Gasteiger partial charge >= 0.3 is 5.92 Å². The summed E-state index contributed by atoms with van der Waals surface area (Å²) in [7, 11) is 0. The Morgan fingerprint density at radius 2 is 1.94 bits per heavy atom. The summed E-state index contributed by atoms with van der Waals surface area (Å²) in [4.78, 5) is 49.9. The summed E-state index contributed by atoms with van der Waals surface area (Å²) in [6, 6.07) is 9.35. The molecule has 34 heavy (non-hydrogen) atoms. The molecule has 0 saturated carbocycles. The minimum Gasteiger partial charge on any atom is -0.396 e. The minimum atomic E-state index is -3.76. The van der Waals surface area contributed by atoms with Gasteiger partial charge < -0.3 is 15.3 Å². The van der Waals surface area contributed by atoms with E-state index in [0.717, 1.165) is 6.07 Å². The number of halogens is 2. The molecular weight excluding hydrogens is 448 g/mol. The maximum Gasteiger partial charge on any atom is 0.349 e. The number of aliphatic hydroxyl groups is 1. The number of carbonyl (C=O) groups is 4. The van der Waals surface area contributed by atoms with Gasteiger partial charge in [-0.3, -0.25) is 24.5 Å². The lowest BCUT2D eigenvalue weighted by atomic mass is 10.0. The second kappa shape index (κ2) is 9.30. The standard InChI is InChI=1S/C24H23F2N3O5/c25-24(26,17-3-1-2-14(11-17)8-9-30)23(34)27-12-15-4-5-18-16(10-15)13-29(22(18)33)19-6-7-20(31)28-21(19)32/h1-5,10-11,19,30H,6-9,12-13H2,(H,27,34)(H,28,31,32). The number of amides is 4. The fourth-order valence-corrected chi connectivity index (χ4v) is 4.21. The monoisotopic (exact) mass is 471 g/mol. The van der Waals surface area contributed by atoms with Crippen LogP contribution in [0, 0.1) is 0 Å². The number of benzene rings is 2. The highest BCUT2D eigenvalue weighted by molar-refractivity contribution is 6.05. The van der Waals surface area contributed by atoms with E-state index < -0.39 is 29.3 Å². The van der Waals surface area contributed by atoms with Crippen molar-refractivity contribution < 1.29 is 33.1 Å². The number of hydrogen-bond acceptors (Lipinski definition) is 5. The van der Waals surface area contributed by atoms with Crippen molar-refractivity contribution in [2.75, 3.05) is 6.61 Å². The molecule has 8 nitrogen and oxygen atoms in total. The fraction of sp³-hybridized carbons (Fsp3) is 0.333. The maximum absolute atomic E-state index is 14.7. The summed E-state index contributed by atoms with van der Waals surface area (Å²) >= 11 is 0. The molecule has 1 fully saturated rings. The molecule has 2 aliphatic rings. The van der Waals surface area contributed by atoms with Gasteiger partial charge in [0, 0.05) is 37.2 Å². The van der Waals surface area contributed by atoms with E-state index in [-0.39, 0.29) is 50.8 Å². The fourth-order valence-electron chi connectivity index (χ4n) is 4.21. The molecule has 3 N–H and O–H groups in total. The minimum absolute atomic E-state index is 0.144. The zero-order valence-electron chi connectivity index (χ0n) is 18.1. The molecule has 2 aliphatic heterocycles. The molecule has 1 saturated heterocycles. The van der Waals surface area contributed by atoms with Crippen LogP contribution in [0.1, 0.15) is 45.5 Å². The van der Waals surface area contributed by atoms with Crippen LogP contribution in [0.25, 0.3) is 0 Å². The molecule has 4 rings (SSSR count). The van der Waals surface area contributed by atoms with Crippen molar-refractivity contribution in [2.24, 2.45) is 0 Å². The predicted molar refractivity (Wildman–Crippen MR) is 115 cm³/mol. The van der Waals surface area contributed by atoms with E-state index in [0.29, 0.717) is 22.3 Å². The molecule has 1 atom stereocenters. The summed E-state index contributed by atoms with van der Waals surface area (Å²) < 4.78 is 29.4. The Hall–Kier alpha value is -3.66. The van der Waals surface area contributed by atoms with Gasteiger partial charge in [0.05, 0.1) is 0 Å². The summed E-state index contributed by atoms with van der Waals surface area (Å²) in [5, 5.41) is 13.5. The van der Waals surface area contributed by atoms with Crippen molar-refractivity contribution in [1.82, 2.24) is 15.5 Å². The van der Waals surface area contributed by atoms with E-state index in [4.69, 9.17) is 5.11 Å². The number of imide groups is 1. The lowest BCUT2D eigenvalue weighted by Crippen LogP contribution is -2.52. The quantitative estimate of drug-likeness (QED) is 0.528. The average Bonchev–Trinajstić information content (AvgIpc) is 3.13. The molecule has 0 aromatic heterocycles. The molecule has 1 unspecified atom stereocenters. The number of aliphatic hydroxyl groups excluding tert-OH is 1.